The van der Waals surface area contributed by atoms with Crippen molar-refractivity contribution in [3.05, 3.63) is 56.5 Å². The molecule has 0 atom stereocenters. The van der Waals surface area contributed by atoms with Gasteiger partial charge in [-0.1, -0.05) is 38.3 Å². The van der Waals surface area contributed by atoms with Gasteiger partial charge in [0.2, 0.25) is 0 Å². The fourth-order valence-corrected chi connectivity index (χ4v) is 5.22. The summed E-state index contributed by atoms with van der Waals surface area (Å²) in [6.07, 6.45) is 3.95. The first-order chi connectivity index (χ1) is 13.8. The SMILES string of the molecule is C.CC1=C(C2CCCCC2)c2ccc(C(=O)NCc3cnc(C(F)(F)F)s3)cc2C1. The maximum absolute atomic E-state index is 12.6. The second-order valence-electron chi connectivity index (χ2n) is 7.89. The quantitative estimate of drug-likeness (QED) is 0.584. The average Bonchev–Trinajstić information content (AvgIpc) is 3.29. The molecule has 1 fully saturated rings. The first kappa shape index (κ1) is 22.5. The smallest absolute Gasteiger partial charge is 0.347 e. The lowest BCUT2D eigenvalue weighted by molar-refractivity contribution is -0.137. The van der Waals surface area contributed by atoms with E-state index in [4.69, 9.17) is 0 Å². The van der Waals surface area contributed by atoms with Crippen LogP contribution in [0.25, 0.3) is 5.57 Å². The van der Waals surface area contributed by atoms with Crippen LogP contribution in [-0.4, -0.2) is 10.9 Å². The highest BCUT2D eigenvalue weighted by Gasteiger charge is 2.34. The summed E-state index contributed by atoms with van der Waals surface area (Å²) in [6, 6.07) is 5.79. The zero-order valence-electron chi connectivity index (χ0n) is 16.2. The molecular formula is C23H27F3N2OS. The molecule has 1 N–H and O–H groups in total. The van der Waals surface area contributed by atoms with E-state index < -0.39 is 11.2 Å². The minimum atomic E-state index is -4.45. The molecule has 4 rings (SSSR count). The van der Waals surface area contributed by atoms with Gasteiger partial charge in [-0.15, -0.1) is 11.3 Å². The van der Waals surface area contributed by atoms with Crippen LogP contribution in [0.3, 0.4) is 0 Å². The molecule has 0 radical (unpaired) electrons. The number of nitrogens with one attached hydrogen (secondary N) is 1. The summed E-state index contributed by atoms with van der Waals surface area (Å²) in [5.74, 6) is 0.345. The number of thiazole rings is 1. The summed E-state index contributed by atoms with van der Waals surface area (Å²) in [6.45, 7) is 2.22. The molecule has 162 valence electrons. The molecule has 1 amide bonds. The Morgan fingerprint density at radius 3 is 2.63 bits per heavy atom. The van der Waals surface area contributed by atoms with Gasteiger partial charge in [-0.05, 0) is 60.9 Å². The van der Waals surface area contributed by atoms with Gasteiger partial charge in [-0.2, -0.15) is 13.2 Å². The molecule has 3 nitrogen and oxygen atoms in total. The number of amides is 1. The number of halogens is 3. The Morgan fingerprint density at radius 1 is 1.23 bits per heavy atom. The van der Waals surface area contributed by atoms with Crippen LogP contribution in [0.1, 0.15) is 77.8 Å². The largest absolute Gasteiger partial charge is 0.443 e. The van der Waals surface area contributed by atoms with Gasteiger partial charge in [0.15, 0.2) is 5.01 Å². The molecule has 1 heterocycles. The second-order valence-corrected chi connectivity index (χ2v) is 9.01. The Hall–Kier alpha value is -2.15. The van der Waals surface area contributed by atoms with Crippen LogP contribution in [0.5, 0.6) is 0 Å². The lowest BCUT2D eigenvalue weighted by Gasteiger charge is -2.24. The van der Waals surface area contributed by atoms with Crippen molar-refractivity contribution < 1.29 is 18.0 Å². The van der Waals surface area contributed by atoms with Crippen LogP contribution in [0, 0.1) is 5.92 Å². The minimum Gasteiger partial charge on any atom is -0.347 e. The summed E-state index contributed by atoms with van der Waals surface area (Å²) in [7, 11) is 0. The summed E-state index contributed by atoms with van der Waals surface area (Å²) in [5.41, 5.74) is 5.85. The lowest BCUT2D eigenvalue weighted by atomic mass is 9.80. The molecule has 0 bridgehead atoms. The maximum atomic E-state index is 12.6. The van der Waals surface area contributed by atoms with Gasteiger partial charge in [0.05, 0.1) is 6.54 Å². The second kappa shape index (κ2) is 8.92. The van der Waals surface area contributed by atoms with E-state index in [1.54, 1.807) is 0 Å². The third-order valence-corrected chi connectivity index (χ3v) is 6.85. The lowest BCUT2D eigenvalue weighted by Crippen LogP contribution is -2.22. The van der Waals surface area contributed by atoms with E-state index in [0.29, 0.717) is 27.7 Å². The molecule has 0 aliphatic heterocycles. The predicted molar refractivity (Wildman–Crippen MR) is 114 cm³/mol. The highest BCUT2D eigenvalue weighted by Crippen LogP contribution is 2.43. The van der Waals surface area contributed by atoms with Gasteiger partial charge in [0.25, 0.3) is 5.91 Å². The van der Waals surface area contributed by atoms with E-state index in [2.05, 4.69) is 17.2 Å². The van der Waals surface area contributed by atoms with E-state index in [1.165, 1.54) is 60.6 Å². The average molecular weight is 437 g/mol. The zero-order valence-corrected chi connectivity index (χ0v) is 17.1. The number of carbonyl (C=O) groups excluding carboxylic acids is 1. The Bertz CT molecular complexity index is 956. The fraction of sp³-hybridized carbons (Fsp3) is 0.478. The van der Waals surface area contributed by atoms with Gasteiger partial charge < -0.3 is 5.32 Å². The number of allylic oxidation sites excluding steroid dienone is 2. The number of hydrogen-bond acceptors (Lipinski definition) is 3. The first-order valence-electron chi connectivity index (χ1n) is 9.96. The normalized spacial score (nSPS) is 16.9. The van der Waals surface area contributed by atoms with E-state index in [1.807, 2.05) is 18.2 Å². The number of nitrogens with zero attached hydrogens (tertiary/aromatic N) is 1. The summed E-state index contributed by atoms with van der Waals surface area (Å²) >= 11 is 0.556. The van der Waals surface area contributed by atoms with Crippen molar-refractivity contribution in [3.63, 3.8) is 0 Å². The molecule has 2 aliphatic rings. The van der Waals surface area contributed by atoms with E-state index in [9.17, 15) is 18.0 Å². The third-order valence-electron chi connectivity index (χ3n) is 5.81. The van der Waals surface area contributed by atoms with E-state index in [0.717, 1.165) is 6.42 Å². The van der Waals surface area contributed by atoms with Gasteiger partial charge in [-0.3, -0.25) is 4.79 Å². The Balaban J connectivity index is 0.00000256. The number of rotatable bonds is 4. The van der Waals surface area contributed by atoms with E-state index in [-0.39, 0.29) is 19.9 Å². The predicted octanol–water partition coefficient (Wildman–Crippen LogP) is 6.64. The van der Waals surface area contributed by atoms with Crippen molar-refractivity contribution in [3.8, 4) is 0 Å². The number of carbonyl (C=O) groups is 1. The van der Waals surface area contributed by atoms with Crippen LogP contribution >= 0.6 is 11.3 Å². The Labute approximate surface area is 179 Å². The third kappa shape index (κ3) is 4.61. The van der Waals surface area contributed by atoms with Crippen LogP contribution in [0.4, 0.5) is 13.2 Å². The van der Waals surface area contributed by atoms with Crippen molar-refractivity contribution >= 4 is 22.8 Å². The van der Waals surface area contributed by atoms with E-state index >= 15 is 0 Å². The summed E-state index contributed by atoms with van der Waals surface area (Å²) in [5, 5.41) is 1.81. The number of fused-ring (bicyclic) bond motifs is 1. The van der Waals surface area contributed by atoms with Gasteiger partial charge in [0, 0.05) is 16.6 Å². The molecule has 0 saturated heterocycles. The van der Waals surface area contributed by atoms with Crippen LogP contribution in [0.2, 0.25) is 0 Å². The summed E-state index contributed by atoms with van der Waals surface area (Å²) in [4.78, 5) is 16.3. The maximum Gasteiger partial charge on any atom is 0.443 e. The van der Waals surface area contributed by atoms with Gasteiger partial charge >= 0.3 is 6.18 Å². The molecule has 0 spiro atoms. The zero-order chi connectivity index (χ0) is 20.6. The number of alkyl halides is 3. The van der Waals surface area contributed by atoms with Crippen molar-refractivity contribution in [2.45, 2.75) is 65.6 Å². The van der Waals surface area contributed by atoms with Crippen molar-refractivity contribution in [2.75, 3.05) is 0 Å². The Morgan fingerprint density at radius 2 is 1.97 bits per heavy atom. The molecule has 0 unspecified atom stereocenters. The van der Waals surface area contributed by atoms with Gasteiger partial charge in [-0.25, -0.2) is 4.98 Å². The highest BCUT2D eigenvalue weighted by atomic mass is 32.1. The van der Waals surface area contributed by atoms with Crippen LogP contribution in [-0.2, 0) is 19.1 Å². The first-order valence-corrected chi connectivity index (χ1v) is 10.8. The topological polar surface area (TPSA) is 42.0 Å². The molecule has 1 aromatic heterocycles. The minimum absolute atomic E-state index is 0. The number of hydrogen-bond donors (Lipinski definition) is 1. The van der Waals surface area contributed by atoms with Crippen LogP contribution in [0.15, 0.2) is 30.0 Å². The molecule has 1 aromatic carbocycles. The van der Waals surface area contributed by atoms with Crippen molar-refractivity contribution in [1.29, 1.82) is 0 Å². The van der Waals surface area contributed by atoms with Crippen molar-refractivity contribution in [2.24, 2.45) is 5.92 Å². The van der Waals surface area contributed by atoms with Gasteiger partial charge in [0.1, 0.15) is 0 Å². The number of aromatic nitrogens is 1. The molecule has 2 aromatic rings. The molecule has 2 aliphatic carbocycles. The Kier molecular flexibility index (Phi) is 6.70. The van der Waals surface area contributed by atoms with Crippen LogP contribution < -0.4 is 5.32 Å². The molecule has 1 saturated carbocycles. The molecule has 30 heavy (non-hydrogen) atoms. The molecular weight excluding hydrogens is 409 g/mol. The monoisotopic (exact) mass is 436 g/mol. The number of benzene rings is 1. The molecule has 7 heteroatoms. The van der Waals surface area contributed by atoms with Crippen molar-refractivity contribution in [1.82, 2.24) is 10.3 Å². The summed E-state index contributed by atoms with van der Waals surface area (Å²) < 4.78 is 37.9. The fourth-order valence-electron chi connectivity index (χ4n) is 4.50. The highest BCUT2D eigenvalue weighted by molar-refractivity contribution is 7.11. The standard InChI is InChI=1S/C22H23F3N2OS.CH4/c1-13-9-16-10-15(7-8-18(16)19(13)14-5-3-2-4-6-14)20(28)26-11-17-12-27-21(29-17)22(23,24)25;/h7-8,10,12,14H,2-6,9,11H2,1H3,(H,26,28);1H4.